The molecular weight excluding hydrogens is 483 g/mol. The fraction of sp³-hybridized carbons (Fsp3) is 0.656. The van der Waals surface area contributed by atoms with Crippen LogP contribution in [0.3, 0.4) is 0 Å². The number of ether oxygens (including phenoxy) is 3. The normalized spacial score (nSPS) is 28.9. The highest BCUT2D eigenvalue weighted by Gasteiger charge is 2.43. The molecule has 1 saturated carbocycles. The number of halogens is 1. The fourth-order valence-corrected chi connectivity index (χ4v) is 6.10. The predicted octanol–water partition coefficient (Wildman–Crippen LogP) is 6.27. The Morgan fingerprint density at radius 3 is 2.63 bits per heavy atom. The highest BCUT2D eigenvalue weighted by molar-refractivity contribution is 5.69. The molecule has 1 heterocycles. The number of carbonyl (C=O) groups is 1. The van der Waals surface area contributed by atoms with Crippen molar-refractivity contribution in [2.45, 2.75) is 109 Å². The lowest BCUT2D eigenvalue weighted by molar-refractivity contribution is -0.195. The number of benzene rings is 1. The van der Waals surface area contributed by atoms with Crippen molar-refractivity contribution in [3.05, 3.63) is 59.7 Å². The molecule has 0 spiro atoms. The van der Waals surface area contributed by atoms with Crippen LogP contribution in [0, 0.1) is 17.8 Å². The van der Waals surface area contributed by atoms with Crippen molar-refractivity contribution in [2.24, 2.45) is 17.8 Å². The van der Waals surface area contributed by atoms with E-state index in [1.54, 1.807) is 0 Å². The van der Waals surface area contributed by atoms with Crippen molar-refractivity contribution in [3.8, 4) is 0 Å². The van der Waals surface area contributed by atoms with E-state index < -0.39 is 12.3 Å². The van der Waals surface area contributed by atoms with Crippen molar-refractivity contribution >= 4 is 5.97 Å². The minimum Gasteiger partial charge on any atom is -0.463 e. The van der Waals surface area contributed by atoms with E-state index in [1.807, 2.05) is 38.1 Å². The number of alkyl halides is 1. The molecule has 1 saturated heterocycles. The molecule has 210 valence electrons. The molecule has 38 heavy (non-hydrogen) atoms. The molecule has 2 aliphatic carbocycles. The van der Waals surface area contributed by atoms with Crippen LogP contribution in [0.2, 0.25) is 0 Å². The Morgan fingerprint density at radius 1 is 1.18 bits per heavy atom. The van der Waals surface area contributed by atoms with Crippen LogP contribution >= 0.6 is 0 Å². The lowest BCUT2D eigenvalue weighted by atomic mass is 9.88. The molecule has 1 aromatic rings. The SMILES string of the molecule is CC(C)OC(=O)CCCC=CC[C@@H]1[C@@H](C=C[C@@H](O)C2Cc3ccccc3C2)[C@@H](F)C[C@@H]1OC1CCCCO1. The van der Waals surface area contributed by atoms with Crippen LogP contribution in [0.1, 0.15) is 76.3 Å². The standard InChI is InChI=1S/C32H45FO5/c1-22(2)37-31(35)14-6-4-3-5-13-27-26(28(33)21-30(27)38-32-15-9-10-18-36-32)16-17-29(34)25-19-23-11-7-8-12-24(23)20-25/h3,5,7-8,11-12,16-17,22,25-30,32,34H,4,6,9-10,13-15,18-21H2,1-2H3/t26-,27-,28+,29-,30+,32?/m1/s1. The number of carbonyl (C=O) groups excluding carboxylic acids is 1. The topological polar surface area (TPSA) is 65.0 Å². The van der Waals surface area contributed by atoms with Crippen LogP contribution in [0.4, 0.5) is 4.39 Å². The second-order valence-corrected chi connectivity index (χ2v) is 11.4. The molecule has 6 atom stereocenters. The van der Waals surface area contributed by atoms with Gasteiger partial charge in [-0.25, -0.2) is 4.39 Å². The maximum atomic E-state index is 15.4. The first-order valence-corrected chi connectivity index (χ1v) is 14.6. The zero-order valence-electron chi connectivity index (χ0n) is 23.0. The number of rotatable bonds is 12. The minimum atomic E-state index is -1.02. The van der Waals surface area contributed by atoms with Crippen LogP contribution in [0.5, 0.6) is 0 Å². The smallest absolute Gasteiger partial charge is 0.306 e. The molecule has 4 rings (SSSR count). The van der Waals surface area contributed by atoms with Gasteiger partial charge in [0.05, 0.1) is 18.3 Å². The maximum Gasteiger partial charge on any atom is 0.306 e. The molecule has 5 nitrogen and oxygen atoms in total. The van der Waals surface area contributed by atoms with E-state index in [1.165, 1.54) is 11.1 Å². The minimum absolute atomic E-state index is 0.0260. The molecule has 0 amide bonds. The quantitative estimate of drug-likeness (QED) is 0.197. The lowest BCUT2D eigenvalue weighted by Gasteiger charge is -2.29. The summed E-state index contributed by atoms with van der Waals surface area (Å²) in [5, 5.41) is 10.9. The molecule has 1 unspecified atom stereocenters. The van der Waals surface area contributed by atoms with Gasteiger partial charge in [-0.2, -0.15) is 0 Å². The maximum absolute atomic E-state index is 15.4. The van der Waals surface area contributed by atoms with E-state index in [4.69, 9.17) is 14.2 Å². The van der Waals surface area contributed by atoms with Gasteiger partial charge in [0.15, 0.2) is 6.29 Å². The number of unbranched alkanes of at least 4 members (excludes halogenated alkanes) is 1. The van der Waals surface area contributed by atoms with E-state index in [-0.39, 0.29) is 42.2 Å². The number of allylic oxidation sites excluding steroid dienone is 3. The average molecular weight is 529 g/mol. The van der Waals surface area contributed by atoms with Crippen molar-refractivity contribution in [3.63, 3.8) is 0 Å². The Kier molecular flexibility index (Phi) is 11.0. The molecule has 0 radical (unpaired) electrons. The van der Waals surface area contributed by atoms with Gasteiger partial charge in [0.1, 0.15) is 6.17 Å². The summed E-state index contributed by atoms with van der Waals surface area (Å²) < 4.78 is 32.7. The van der Waals surface area contributed by atoms with E-state index in [9.17, 15) is 9.90 Å². The summed E-state index contributed by atoms with van der Waals surface area (Å²) in [6, 6.07) is 8.35. The number of fused-ring (bicyclic) bond motifs is 1. The van der Waals surface area contributed by atoms with Gasteiger partial charge in [-0.15, -0.1) is 0 Å². The van der Waals surface area contributed by atoms with Crippen LogP contribution in [0.25, 0.3) is 0 Å². The van der Waals surface area contributed by atoms with E-state index in [2.05, 4.69) is 24.3 Å². The lowest BCUT2D eigenvalue weighted by Crippen LogP contribution is -2.31. The first-order chi connectivity index (χ1) is 18.4. The molecule has 0 bridgehead atoms. The van der Waals surface area contributed by atoms with Gasteiger partial charge < -0.3 is 19.3 Å². The van der Waals surface area contributed by atoms with Crippen molar-refractivity contribution in [2.75, 3.05) is 6.61 Å². The molecular formula is C32H45FO5. The number of hydrogen-bond acceptors (Lipinski definition) is 5. The Bertz CT molecular complexity index is 913. The molecule has 2 fully saturated rings. The van der Waals surface area contributed by atoms with Crippen LogP contribution in [-0.4, -0.2) is 48.5 Å². The molecule has 6 heteroatoms. The third kappa shape index (κ3) is 8.24. The largest absolute Gasteiger partial charge is 0.463 e. The summed E-state index contributed by atoms with van der Waals surface area (Å²) in [6.07, 6.45) is 13.3. The molecule has 1 aliphatic heterocycles. The molecule has 1 N–H and O–H groups in total. The summed E-state index contributed by atoms with van der Waals surface area (Å²) in [7, 11) is 0. The number of esters is 1. The molecule has 1 aromatic carbocycles. The summed E-state index contributed by atoms with van der Waals surface area (Å²) in [6.45, 7) is 4.40. The predicted molar refractivity (Wildman–Crippen MR) is 146 cm³/mol. The van der Waals surface area contributed by atoms with Gasteiger partial charge in [0.2, 0.25) is 0 Å². The van der Waals surface area contributed by atoms with Crippen LogP contribution < -0.4 is 0 Å². The van der Waals surface area contributed by atoms with Gasteiger partial charge in [0.25, 0.3) is 0 Å². The first kappa shape index (κ1) is 29.0. The highest BCUT2D eigenvalue weighted by atomic mass is 19.1. The Hall–Kier alpha value is -2.02. The third-order valence-corrected chi connectivity index (χ3v) is 8.10. The summed E-state index contributed by atoms with van der Waals surface area (Å²) in [4.78, 5) is 11.7. The average Bonchev–Trinajstić information content (AvgIpc) is 3.45. The molecule has 0 aromatic heterocycles. The monoisotopic (exact) mass is 528 g/mol. The first-order valence-electron chi connectivity index (χ1n) is 14.6. The third-order valence-electron chi connectivity index (χ3n) is 8.10. The number of aliphatic hydroxyl groups is 1. The van der Waals surface area contributed by atoms with Gasteiger partial charge in [0, 0.05) is 25.4 Å². The number of aliphatic hydroxyl groups excluding tert-OH is 1. The summed E-state index contributed by atoms with van der Waals surface area (Å²) in [5.41, 5.74) is 2.60. The van der Waals surface area contributed by atoms with Gasteiger partial charge in [-0.1, -0.05) is 48.6 Å². The second kappa shape index (κ2) is 14.4. The van der Waals surface area contributed by atoms with Crippen molar-refractivity contribution in [1.82, 2.24) is 0 Å². The zero-order valence-corrected chi connectivity index (χ0v) is 23.0. The van der Waals surface area contributed by atoms with E-state index >= 15 is 4.39 Å². The Morgan fingerprint density at radius 2 is 1.95 bits per heavy atom. The summed E-state index contributed by atoms with van der Waals surface area (Å²) in [5.74, 6) is -0.374. The van der Waals surface area contributed by atoms with E-state index in [0.717, 1.165) is 44.9 Å². The van der Waals surface area contributed by atoms with Gasteiger partial charge in [-0.05, 0) is 88.2 Å². The summed E-state index contributed by atoms with van der Waals surface area (Å²) >= 11 is 0. The van der Waals surface area contributed by atoms with E-state index in [0.29, 0.717) is 25.9 Å². The second-order valence-electron chi connectivity index (χ2n) is 11.4. The van der Waals surface area contributed by atoms with Gasteiger partial charge in [-0.3, -0.25) is 4.79 Å². The Balaban J connectivity index is 1.35. The molecule has 3 aliphatic rings. The Labute approximate surface area is 227 Å². The van der Waals surface area contributed by atoms with Gasteiger partial charge >= 0.3 is 5.97 Å². The fourth-order valence-electron chi connectivity index (χ4n) is 6.10. The zero-order chi connectivity index (χ0) is 26.9. The van der Waals surface area contributed by atoms with Crippen LogP contribution in [-0.2, 0) is 31.8 Å². The number of hydrogen-bond donors (Lipinski definition) is 1. The highest BCUT2D eigenvalue weighted by Crippen LogP contribution is 2.41. The van der Waals surface area contributed by atoms with Crippen molar-refractivity contribution < 1.29 is 28.5 Å². The van der Waals surface area contributed by atoms with Crippen molar-refractivity contribution in [1.29, 1.82) is 0 Å². The van der Waals surface area contributed by atoms with Crippen LogP contribution in [0.15, 0.2) is 48.6 Å².